The Hall–Kier alpha value is -4.97. The molecule has 0 spiro atoms. The number of unbranched alkanes of at least 4 members (excludes halogenated alkanes) is 6. The van der Waals surface area contributed by atoms with E-state index < -0.39 is 12.1 Å². The number of carbonyl (C=O) groups is 3. The van der Waals surface area contributed by atoms with Crippen LogP contribution < -0.4 is 0 Å². The van der Waals surface area contributed by atoms with Crippen LogP contribution in [0, 0.1) is 0 Å². The van der Waals surface area contributed by atoms with Gasteiger partial charge in [0.05, 0.1) is 0 Å². The number of allylic oxidation sites excluding steroid dienone is 26. The molecule has 0 aliphatic carbocycles. The van der Waals surface area contributed by atoms with Crippen LogP contribution in [0.4, 0.5) is 0 Å². The number of esters is 3. The fourth-order valence-corrected chi connectivity index (χ4v) is 5.83. The highest BCUT2D eigenvalue weighted by Crippen LogP contribution is 2.09. The Morgan fingerprint density at radius 1 is 0.338 bits per heavy atom. The molecule has 360 valence electrons. The molecule has 1 unspecified atom stereocenters. The Morgan fingerprint density at radius 2 is 0.692 bits per heavy atom. The molecule has 0 aromatic rings. The van der Waals surface area contributed by atoms with Crippen molar-refractivity contribution in [3.63, 3.8) is 0 Å². The average molecular weight is 893 g/mol. The molecule has 0 bridgehead atoms. The lowest BCUT2D eigenvalue weighted by atomic mass is 10.1. The van der Waals surface area contributed by atoms with Gasteiger partial charge in [0.2, 0.25) is 0 Å². The molecular formula is C59H88O6. The first-order valence-electron chi connectivity index (χ1n) is 25.0. The van der Waals surface area contributed by atoms with E-state index in [4.69, 9.17) is 14.2 Å². The summed E-state index contributed by atoms with van der Waals surface area (Å²) in [5, 5.41) is 0. The van der Waals surface area contributed by atoms with Crippen LogP contribution in [0.1, 0.15) is 175 Å². The first-order valence-corrected chi connectivity index (χ1v) is 25.0. The van der Waals surface area contributed by atoms with Crippen LogP contribution in [0.25, 0.3) is 0 Å². The lowest BCUT2D eigenvalue weighted by molar-refractivity contribution is -0.166. The number of ether oxygens (including phenoxy) is 3. The van der Waals surface area contributed by atoms with Gasteiger partial charge in [-0.15, -0.1) is 0 Å². The summed E-state index contributed by atoms with van der Waals surface area (Å²) in [6.07, 6.45) is 75.3. The molecule has 0 aromatic carbocycles. The Bertz CT molecular complexity index is 1540. The summed E-state index contributed by atoms with van der Waals surface area (Å²) >= 11 is 0. The second-order valence-electron chi connectivity index (χ2n) is 15.6. The zero-order valence-electron chi connectivity index (χ0n) is 40.9. The van der Waals surface area contributed by atoms with Crippen molar-refractivity contribution in [2.45, 2.75) is 181 Å². The van der Waals surface area contributed by atoms with Crippen LogP contribution in [-0.4, -0.2) is 37.2 Å². The average Bonchev–Trinajstić information content (AvgIpc) is 3.30. The molecule has 0 rings (SSSR count). The minimum Gasteiger partial charge on any atom is -0.462 e. The summed E-state index contributed by atoms with van der Waals surface area (Å²) in [5.74, 6) is -1.13. The van der Waals surface area contributed by atoms with Crippen LogP contribution in [0.2, 0.25) is 0 Å². The molecule has 6 heteroatoms. The molecule has 0 saturated carbocycles. The predicted molar refractivity (Wildman–Crippen MR) is 278 cm³/mol. The zero-order chi connectivity index (χ0) is 47.2. The van der Waals surface area contributed by atoms with E-state index in [1.807, 2.05) is 12.2 Å². The molecule has 0 saturated heterocycles. The SMILES string of the molecule is CC/C=C\C/C=C\C/C=C\C/C=C\C/C=C\C/C=C\CCC(=O)OCC(COC(=O)CCCCC/C=C\C=C/CCCC)OC(=O)CCC/C=C\C/C=C\C/C=C\C/C=C\C/C=C\CC. The minimum atomic E-state index is -0.856. The van der Waals surface area contributed by atoms with Gasteiger partial charge in [0, 0.05) is 19.3 Å². The molecule has 6 nitrogen and oxygen atoms in total. The van der Waals surface area contributed by atoms with Crippen LogP contribution in [-0.2, 0) is 28.6 Å². The molecule has 0 radical (unpaired) electrons. The maximum Gasteiger partial charge on any atom is 0.306 e. The van der Waals surface area contributed by atoms with Gasteiger partial charge in [0.25, 0.3) is 0 Å². The van der Waals surface area contributed by atoms with Crippen molar-refractivity contribution in [3.8, 4) is 0 Å². The van der Waals surface area contributed by atoms with Gasteiger partial charge in [-0.3, -0.25) is 14.4 Å². The number of hydrogen-bond acceptors (Lipinski definition) is 6. The van der Waals surface area contributed by atoms with Gasteiger partial charge in [0.15, 0.2) is 6.10 Å². The van der Waals surface area contributed by atoms with Crippen molar-refractivity contribution in [2.75, 3.05) is 13.2 Å². The number of carbonyl (C=O) groups excluding carboxylic acids is 3. The molecule has 0 N–H and O–H groups in total. The first-order chi connectivity index (χ1) is 32.0. The normalized spacial score (nSPS) is 13.5. The maximum atomic E-state index is 12.8. The van der Waals surface area contributed by atoms with Gasteiger partial charge >= 0.3 is 17.9 Å². The Labute approximate surface area is 397 Å². The third-order valence-corrected chi connectivity index (χ3v) is 9.54. The molecule has 0 heterocycles. The van der Waals surface area contributed by atoms with Crippen LogP contribution in [0.15, 0.2) is 158 Å². The summed E-state index contributed by atoms with van der Waals surface area (Å²) < 4.78 is 16.6. The maximum absolute atomic E-state index is 12.8. The van der Waals surface area contributed by atoms with Crippen molar-refractivity contribution in [1.82, 2.24) is 0 Å². The molecule has 65 heavy (non-hydrogen) atoms. The van der Waals surface area contributed by atoms with Crippen molar-refractivity contribution in [3.05, 3.63) is 158 Å². The van der Waals surface area contributed by atoms with E-state index in [-0.39, 0.29) is 38.0 Å². The molecule has 1 atom stereocenters. The van der Waals surface area contributed by atoms with Gasteiger partial charge in [-0.1, -0.05) is 198 Å². The molecule has 0 fully saturated rings. The van der Waals surface area contributed by atoms with Crippen molar-refractivity contribution < 1.29 is 28.6 Å². The predicted octanol–water partition coefficient (Wildman–Crippen LogP) is 16.6. The highest BCUT2D eigenvalue weighted by molar-refractivity contribution is 5.71. The topological polar surface area (TPSA) is 78.9 Å². The van der Waals surface area contributed by atoms with Crippen LogP contribution in [0.3, 0.4) is 0 Å². The summed E-state index contributed by atoms with van der Waals surface area (Å²) in [7, 11) is 0. The summed E-state index contributed by atoms with van der Waals surface area (Å²) in [6.45, 7) is 6.18. The lowest BCUT2D eigenvalue weighted by Crippen LogP contribution is -2.30. The van der Waals surface area contributed by atoms with Gasteiger partial charge in [-0.25, -0.2) is 0 Å². The van der Waals surface area contributed by atoms with Gasteiger partial charge < -0.3 is 14.2 Å². The molecule has 0 amide bonds. The summed E-state index contributed by atoms with van der Waals surface area (Å²) in [6, 6.07) is 0. The van der Waals surface area contributed by atoms with Crippen LogP contribution in [0.5, 0.6) is 0 Å². The number of hydrogen-bond donors (Lipinski definition) is 0. The fraction of sp³-hybridized carbons (Fsp3) is 0.508. The highest BCUT2D eigenvalue weighted by Gasteiger charge is 2.19. The Balaban J connectivity index is 4.65. The molecule has 0 aliphatic rings. The van der Waals surface area contributed by atoms with Gasteiger partial charge in [-0.2, -0.15) is 0 Å². The monoisotopic (exact) mass is 893 g/mol. The third-order valence-electron chi connectivity index (χ3n) is 9.54. The largest absolute Gasteiger partial charge is 0.462 e. The van der Waals surface area contributed by atoms with E-state index in [1.54, 1.807) is 0 Å². The van der Waals surface area contributed by atoms with Crippen LogP contribution >= 0.6 is 0 Å². The lowest BCUT2D eigenvalue weighted by Gasteiger charge is -2.18. The summed E-state index contributed by atoms with van der Waals surface area (Å²) in [4.78, 5) is 37.9. The molecule has 0 aliphatic heterocycles. The standard InChI is InChI=1S/C59H88O6/c1-4-7-10-13-16-19-22-24-26-28-29-31-32-34-37-40-43-46-49-52-58(61)64-55-56(54-63-57(60)51-48-45-42-39-36-21-18-15-12-9-6-3)65-59(62)53-50-47-44-41-38-35-33-30-27-25-23-20-17-14-11-8-5-2/h7-8,10-11,15-21,24-27,29,31,33-37,41,43-44,46,56H,4-6,9,12-14,22-23,28,30,32,38-40,42,45,47-55H2,1-3H3/b10-7-,11-8-,18-15-,19-16-,20-17-,26-24-,27-25-,31-29-,35-33-,36-21-,37-34-,44-41-,46-43-. The molecule has 0 aromatic heterocycles. The molecular weight excluding hydrogens is 805 g/mol. The van der Waals surface area contributed by atoms with E-state index >= 15 is 0 Å². The quantitative estimate of drug-likeness (QED) is 0.0200. The van der Waals surface area contributed by atoms with E-state index in [0.717, 1.165) is 109 Å². The van der Waals surface area contributed by atoms with Gasteiger partial charge in [-0.05, 0) is 116 Å². The minimum absolute atomic E-state index is 0.146. The van der Waals surface area contributed by atoms with Gasteiger partial charge in [0.1, 0.15) is 13.2 Å². The zero-order valence-corrected chi connectivity index (χ0v) is 40.9. The Kier molecular flexibility index (Phi) is 47.7. The highest BCUT2D eigenvalue weighted by atomic mass is 16.6. The first kappa shape index (κ1) is 60.0. The Morgan fingerprint density at radius 3 is 1.12 bits per heavy atom. The smallest absolute Gasteiger partial charge is 0.306 e. The van der Waals surface area contributed by atoms with E-state index in [0.29, 0.717) is 19.3 Å². The third kappa shape index (κ3) is 49.9. The van der Waals surface area contributed by atoms with E-state index in [2.05, 4.69) is 167 Å². The number of rotatable bonds is 42. The van der Waals surface area contributed by atoms with Crippen molar-refractivity contribution in [1.29, 1.82) is 0 Å². The van der Waals surface area contributed by atoms with E-state index in [9.17, 15) is 14.4 Å². The second-order valence-corrected chi connectivity index (χ2v) is 15.6. The fourth-order valence-electron chi connectivity index (χ4n) is 5.83. The van der Waals surface area contributed by atoms with Crippen molar-refractivity contribution in [2.24, 2.45) is 0 Å². The summed E-state index contributed by atoms with van der Waals surface area (Å²) in [5.41, 5.74) is 0. The van der Waals surface area contributed by atoms with E-state index in [1.165, 1.54) is 12.8 Å². The van der Waals surface area contributed by atoms with Crippen molar-refractivity contribution >= 4 is 17.9 Å². The second kappa shape index (κ2) is 51.7.